The van der Waals surface area contributed by atoms with E-state index >= 15 is 0 Å². The van der Waals surface area contributed by atoms with E-state index in [2.05, 4.69) is 51.9 Å². The number of rotatable bonds is 6. The Labute approximate surface area is 130 Å². The second kappa shape index (κ2) is 7.25. The zero-order valence-electron chi connectivity index (χ0n) is 12.7. The largest absolute Gasteiger partial charge is 0.354 e. The molecule has 5 heteroatoms. The van der Waals surface area contributed by atoms with Crippen LogP contribution < -0.4 is 10.2 Å². The van der Waals surface area contributed by atoms with Crippen molar-refractivity contribution in [3.05, 3.63) is 10.7 Å². The van der Waals surface area contributed by atoms with Crippen LogP contribution in [0.2, 0.25) is 0 Å². The topological polar surface area (TPSA) is 41.1 Å². The second-order valence-electron chi connectivity index (χ2n) is 5.88. The monoisotopic (exact) mass is 340 g/mol. The molecular weight excluding hydrogens is 316 g/mol. The van der Waals surface area contributed by atoms with E-state index < -0.39 is 0 Å². The number of hydrogen-bond acceptors (Lipinski definition) is 4. The molecule has 2 rings (SSSR count). The van der Waals surface area contributed by atoms with E-state index in [-0.39, 0.29) is 0 Å². The molecule has 112 valence electrons. The van der Waals surface area contributed by atoms with Gasteiger partial charge in [-0.1, -0.05) is 26.7 Å². The summed E-state index contributed by atoms with van der Waals surface area (Å²) < 4.78 is 0.992. The smallest absolute Gasteiger partial charge is 0.224 e. The van der Waals surface area contributed by atoms with Gasteiger partial charge in [-0.05, 0) is 41.6 Å². The summed E-state index contributed by atoms with van der Waals surface area (Å²) in [6, 6.07) is 0.623. The van der Waals surface area contributed by atoms with Crippen LogP contribution in [0.3, 0.4) is 0 Å². The van der Waals surface area contributed by atoms with Gasteiger partial charge < -0.3 is 10.2 Å². The fourth-order valence-electron chi connectivity index (χ4n) is 2.82. The third-order valence-electron chi connectivity index (χ3n) is 3.66. The molecule has 0 unspecified atom stereocenters. The predicted molar refractivity (Wildman–Crippen MR) is 88.3 cm³/mol. The molecule has 1 aliphatic rings. The number of nitrogens with zero attached hydrogens (tertiary/aromatic N) is 3. The van der Waals surface area contributed by atoms with E-state index in [0.717, 1.165) is 29.3 Å². The van der Waals surface area contributed by atoms with Crippen molar-refractivity contribution >= 4 is 27.7 Å². The van der Waals surface area contributed by atoms with Crippen molar-refractivity contribution in [3.63, 3.8) is 0 Å². The van der Waals surface area contributed by atoms with Gasteiger partial charge in [-0.3, -0.25) is 0 Å². The molecule has 1 aliphatic carbocycles. The van der Waals surface area contributed by atoms with Crippen molar-refractivity contribution in [2.24, 2.45) is 5.92 Å². The van der Waals surface area contributed by atoms with Gasteiger partial charge in [-0.25, -0.2) is 4.98 Å². The van der Waals surface area contributed by atoms with Crippen molar-refractivity contribution < 1.29 is 0 Å². The molecule has 1 fully saturated rings. The molecule has 1 heterocycles. The summed E-state index contributed by atoms with van der Waals surface area (Å²) in [5.74, 6) is 2.38. The van der Waals surface area contributed by atoms with Gasteiger partial charge in [0.05, 0.1) is 4.47 Å². The quantitative estimate of drug-likeness (QED) is 0.847. The molecule has 0 bridgehead atoms. The lowest BCUT2D eigenvalue weighted by atomic mass is 10.1. The van der Waals surface area contributed by atoms with Crippen molar-refractivity contribution in [1.29, 1.82) is 0 Å². The number of halogens is 1. The number of hydrogen-bond donors (Lipinski definition) is 1. The highest BCUT2D eigenvalue weighted by atomic mass is 79.9. The Morgan fingerprint density at radius 3 is 2.70 bits per heavy atom. The Kier molecular flexibility index (Phi) is 5.64. The Morgan fingerprint density at radius 2 is 2.10 bits per heavy atom. The Bertz CT molecular complexity index is 430. The summed E-state index contributed by atoms with van der Waals surface area (Å²) in [6.07, 6.45) is 7.09. The van der Waals surface area contributed by atoms with Gasteiger partial charge in [0, 0.05) is 25.3 Å². The molecular formula is C15H25BrN4. The van der Waals surface area contributed by atoms with Gasteiger partial charge >= 0.3 is 0 Å². The first-order valence-corrected chi connectivity index (χ1v) is 8.44. The van der Waals surface area contributed by atoms with Crippen LogP contribution >= 0.6 is 15.9 Å². The molecule has 1 aromatic heterocycles. The predicted octanol–water partition coefficient (Wildman–Crippen LogP) is 4.08. The molecule has 0 radical (unpaired) electrons. The van der Waals surface area contributed by atoms with Crippen molar-refractivity contribution in [2.45, 2.75) is 52.5 Å². The number of nitrogens with one attached hydrogen (secondary N) is 1. The lowest BCUT2D eigenvalue weighted by molar-refractivity contribution is 0.530. The molecule has 0 saturated heterocycles. The highest BCUT2D eigenvalue weighted by Crippen LogP contribution is 2.32. The van der Waals surface area contributed by atoms with Crippen LogP contribution in [0.1, 0.15) is 46.5 Å². The van der Waals surface area contributed by atoms with E-state index in [4.69, 9.17) is 4.98 Å². The van der Waals surface area contributed by atoms with Crippen LogP contribution in [-0.4, -0.2) is 29.1 Å². The normalized spacial score (nSPS) is 15.8. The fourth-order valence-corrected chi connectivity index (χ4v) is 3.24. The fraction of sp³-hybridized carbons (Fsp3) is 0.733. The highest BCUT2D eigenvalue weighted by molar-refractivity contribution is 9.10. The number of aromatic nitrogens is 2. The van der Waals surface area contributed by atoms with E-state index in [0.29, 0.717) is 12.0 Å². The first-order valence-electron chi connectivity index (χ1n) is 7.64. The van der Waals surface area contributed by atoms with Crippen molar-refractivity contribution in [3.8, 4) is 0 Å². The summed E-state index contributed by atoms with van der Waals surface area (Å²) in [5.41, 5.74) is 0. The molecule has 1 aromatic rings. The minimum absolute atomic E-state index is 0.623. The average molecular weight is 341 g/mol. The Morgan fingerprint density at radius 1 is 1.40 bits per heavy atom. The summed E-state index contributed by atoms with van der Waals surface area (Å²) in [5, 5.41) is 3.20. The summed E-state index contributed by atoms with van der Waals surface area (Å²) >= 11 is 3.62. The first-order chi connectivity index (χ1) is 9.61. The van der Waals surface area contributed by atoms with E-state index in [1.807, 2.05) is 6.20 Å². The maximum absolute atomic E-state index is 4.72. The van der Waals surface area contributed by atoms with E-state index in [9.17, 15) is 0 Å². The zero-order valence-corrected chi connectivity index (χ0v) is 14.3. The Hall–Kier alpha value is -0.840. The molecule has 4 nitrogen and oxygen atoms in total. The van der Waals surface area contributed by atoms with E-state index in [1.165, 1.54) is 25.7 Å². The third-order valence-corrected chi connectivity index (χ3v) is 4.22. The standard InChI is InChI=1S/C15H25BrN4/c1-4-17-15-18-9-13(16)14(19-15)20(10-11(2)3)12-7-5-6-8-12/h9,11-12H,4-8,10H2,1-3H3,(H,17,18,19). The molecule has 20 heavy (non-hydrogen) atoms. The summed E-state index contributed by atoms with van der Waals surface area (Å²) in [4.78, 5) is 11.5. The second-order valence-corrected chi connectivity index (χ2v) is 6.73. The minimum Gasteiger partial charge on any atom is -0.354 e. The maximum atomic E-state index is 4.72. The Balaban J connectivity index is 2.28. The van der Waals surface area contributed by atoms with Gasteiger partial charge in [0.15, 0.2) is 0 Å². The number of anilines is 2. The average Bonchev–Trinajstić information content (AvgIpc) is 2.92. The minimum atomic E-state index is 0.623. The van der Waals surface area contributed by atoms with E-state index in [1.54, 1.807) is 0 Å². The maximum Gasteiger partial charge on any atom is 0.224 e. The van der Waals surface area contributed by atoms with Crippen molar-refractivity contribution in [1.82, 2.24) is 9.97 Å². The molecule has 0 aliphatic heterocycles. The lowest BCUT2D eigenvalue weighted by Gasteiger charge is -2.32. The lowest BCUT2D eigenvalue weighted by Crippen LogP contribution is -2.37. The summed E-state index contributed by atoms with van der Waals surface area (Å²) in [7, 11) is 0. The van der Waals surface area contributed by atoms with Gasteiger partial charge in [-0.15, -0.1) is 0 Å². The van der Waals surface area contributed by atoms with Gasteiger partial charge in [0.1, 0.15) is 5.82 Å². The van der Waals surface area contributed by atoms with Crippen LogP contribution in [0.25, 0.3) is 0 Å². The van der Waals surface area contributed by atoms with Gasteiger partial charge in [-0.2, -0.15) is 4.98 Å². The van der Waals surface area contributed by atoms with Crippen LogP contribution in [0.15, 0.2) is 10.7 Å². The van der Waals surface area contributed by atoms with Crippen LogP contribution in [0.5, 0.6) is 0 Å². The molecule has 0 spiro atoms. The molecule has 1 saturated carbocycles. The van der Waals surface area contributed by atoms with Gasteiger partial charge in [0.25, 0.3) is 0 Å². The van der Waals surface area contributed by atoms with Gasteiger partial charge in [0.2, 0.25) is 5.95 Å². The molecule has 0 aromatic carbocycles. The SMILES string of the molecule is CCNc1ncc(Br)c(N(CC(C)C)C2CCCC2)n1. The van der Waals surface area contributed by atoms with Crippen molar-refractivity contribution in [2.75, 3.05) is 23.3 Å². The van der Waals surface area contributed by atoms with Crippen LogP contribution in [0.4, 0.5) is 11.8 Å². The zero-order chi connectivity index (χ0) is 14.5. The molecule has 1 N–H and O–H groups in total. The summed E-state index contributed by atoms with van der Waals surface area (Å²) in [6.45, 7) is 8.49. The molecule has 0 atom stereocenters. The first kappa shape index (κ1) is 15.5. The molecule has 0 amide bonds. The van der Waals surface area contributed by atoms with Crippen LogP contribution in [0, 0.1) is 5.92 Å². The highest BCUT2D eigenvalue weighted by Gasteiger charge is 2.26. The third kappa shape index (κ3) is 3.84. The van der Waals surface area contributed by atoms with Crippen LogP contribution in [-0.2, 0) is 0 Å².